The second-order valence-electron chi connectivity index (χ2n) is 6.88. The number of amides is 2. The zero-order valence-corrected chi connectivity index (χ0v) is 19.9. The molecule has 0 unspecified atom stereocenters. The van der Waals surface area contributed by atoms with Crippen LogP contribution in [0.25, 0.3) is 6.08 Å². The van der Waals surface area contributed by atoms with Gasteiger partial charge in [-0.2, -0.15) is 0 Å². The molecule has 0 bridgehead atoms. The Labute approximate surface area is 206 Å². The third-order valence-electron chi connectivity index (χ3n) is 4.63. The summed E-state index contributed by atoms with van der Waals surface area (Å²) in [4.78, 5) is 37.1. The number of nitro groups is 1. The third-order valence-corrected chi connectivity index (χ3v) is 6.37. The van der Waals surface area contributed by atoms with Crippen LogP contribution < -0.4 is 9.64 Å². The van der Waals surface area contributed by atoms with Crippen molar-refractivity contribution in [2.75, 3.05) is 4.90 Å². The van der Waals surface area contributed by atoms with Crippen molar-refractivity contribution in [3.05, 3.63) is 102 Å². The summed E-state index contributed by atoms with van der Waals surface area (Å²) in [7, 11) is 0. The van der Waals surface area contributed by atoms with E-state index in [1.54, 1.807) is 60.7 Å². The van der Waals surface area contributed by atoms with E-state index in [0.29, 0.717) is 27.0 Å². The van der Waals surface area contributed by atoms with Crippen LogP contribution in [-0.2, 0) is 11.4 Å². The second kappa shape index (κ2) is 9.78. The molecule has 0 saturated carbocycles. The minimum Gasteiger partial charge on any atom is -0.486 e. The van der Waals surface area contributed by atoms with Gasteiger partial charge in [-0.15, -0.1) is 0 Å². The fourth-order valence-corrected chi connectivity index (χ4v) is 4.97. The molecular formula is C23H14BrClN2O5S. The highest BCUT2D eigenvalue weighted by molar-refractivity contribution is 9.10. The number of halogens is 2. The molecule has 33 heavy (non-hydrogen) atoms. The van der Waals surface area contributed by atoms with E-state index in [4.69, 9.17) is 16.3 Å². The van der Waals surface area contributed by atoms with Gasteiger partial charge in [0.05, 0.1) is 25.0 Å². The van der Waals surface area contributed by atoms with E-state index in [1.807, 2.05) is 0 Å². The number of rotatable bonds is 6. The fourth-order valence-electron chi connectivity index (χ4n) is 3.13. The van der Waals surface area contributed by atoms with Crippen molar-refractivity contribution in [2.45, 2.75) is 6.61 Å². The van der Waals surface area contributed by atoms with Gasteiger partial charge in [0.2, 0.25) is 0 Å². The number of hydrogen-bond donors (Lipinski definition) is 0. The number of imide groups is 1. The molecular weight excluding hydrogens is 532 g/mol. The van der Waals surface area contributed by atoms with Crippen molar-refractivity contribution in [3.8, 4) is 5.75 Å². The predicted molar refractivity (Wildman–Crippen MR) is 131 cm³/mol. The Kier molecular flexibility index (Phi) is 6.83. The topological polar surface area (TPSA) is 89.7 Å². The minimum absolute atomic E-state index is 0.0268. The first-order chi connectivity index (χ1) is 15.8. The summed E-state index contributed by atoms with van der Waals surface area (Å²) < 4.78 is 6.31. The Morgan fingerprint density at radius 3 is 2.55 bits per heavy atom. The summed E-state index contributed by atoms with van der Waals surface area (Å²) in [6.45, 7) is 0.0787. The molecule has 2 amide bonds. The Hall–Kier alpha value is -3.14. The number of nitrogens with zero attached hydrogens (tertiary/aromatic N) is 2. The maximum absolute atomic E-state index is 12.8. The monoisotopic (exact) mass is 544 g/mol. The van der Waals surface area contributed by atoms with Crippen LogP contribution in [0.5, 0.6) is 5.75 Å². The number of ether oxygens (including phenoxy) is 1. The largest absolute Gasteiger partial charge is 0.486 e. The summed E-state index contributed by atoms with van der Waals surface area (Å²) in [5, 5.41) is 10.8. The average molecular weight is 546 g/mol. The summed E-state index contributed by atoms with van der Waals surface area (Å²) in [6.07, 6.45) is 1.59. The summed E-state index contributed by atoms with van der Waals surface area (Å²) in [5.74, 6) is -0.0489. The molecule has 1 fully saturated rings. The lowest BCUT2D eigenvalue weighted by atomic mass is 10.2. The molecule has 3 aromatic rings. The van der Waals surface area contributed by atoms with Crippen molar-refractivity contribution in [2.24, 2.45) is 0 Å². The van der Waals surface area contributed by atoms with Crippen LogP contribution in [0.3, 0.4) is 0 Å². The number of hydrogen-bond acceptors (Lipinski definition) is 6. The predicted octanol–water partition coefficient (Wildman–Crippen LogP) is 6.83. The van der Waals surface area contributed by atoms with E-state index in [-0.39, 0.29) is 27.5 Å². The van der Waals surface area contributed by atoms with Crippen molar-refractivity contribution in [3.63, 3.8) is 0 Å². The van der Waals surface area contributed by atoms with E-state index in [2.05, 4.69) is 15.9 Å². The van der Waals surface area contributed by atoms with Gasteiger partial charge in [0.1, 0.15) is 6.61 Å². The Morgan fingerprint density at radius 1 is 1.09 bits per heavy atom. The molecule has 3 aromatic carbocycles. The molecule has 1 aliphatic rings. The van der Waals surface area contributed by atoms with Gasteiger partial charge < -0.3 is 4.74 Å². The van der Waals surface area contributed by atoms with Gasteiger partial charge in [-0.3, -0.25) is 19.7 Å². The molecule has 0 N–H and O–H groups in total. The standard InChI is InChI=1S/C23H14BrClN2O5S/c24-18-10-15(12-20-22(28)26(23(29)33-20)16-6-2-1-3-7-16)11-19(25)21(18)32-13-14-5-4-8-17(9-14)27(30)31/h1-12H,13H2/b20-12-. The maximum atomic E-state index is 12.8. The van der Waals surface area contributed by atoms with E-state index in [1.165, 1.54) is 12.1 Å². The molecule has 0 aliphatic carbocycles. The molecule has 0 atom stereocenters. The first-order valence-corrected chi connectivity index (χ1v) is 11.5. The zero-order chi connectivity index (χ0) is 23.5. The van der Waals surface area contributed by atoms with Crippen molar-refractivity contribution in [1.29, 1.82) is 0 Å². The summed E-state index contributed by atoms with van der Waals surface area (Å²) >= 11 is 10.7. The van der Waals surface area contributed by atoms with Crippen molar-refractivity contribution < 1.29 is 19.2 Å². The molecule has 0 spiro atoms. The van der Waals surface area contributed by atoms with Gasteiger partial charge in [-0.25, -0.2) is 4.90 Å². The molecule has 4 rings (SSSR count). The molecule has 0 radical (unpaired) electrons. The Bertz CT molecular complexity index is 1280. The zero-order valence-electron chi connectivity index (χ0n) is 16.7. The highest BCUT2D eigenvalue weighted by Crippen LogP contribution is 2.39. The van der Waals surface area contributed by atoms with Crippen LogP contribution in [0, 0.1) is 10.1 Å². The number of carbonyl (C=O) groups excluding carboxylic acids is 2. The number of carbonyl (C=O) groups is 2. The Balaban J connectivity index is 1.53. The lowest BCUT2D eigenvalue weighted by molar-refractivity contribution is -0.384. The van der Waals surface area contributed by atoms with Gasteiger partial charge >= 0.3 is 0 Å². The van der Waals surface area contributed by atoms with Gasteiger partial charge in [0, 0.05) is 12.1 Å². The van der Waals surface area contributed by atoms with E-state index in [0.717, 1.165) is 16.7 Å². The number of anilines is 1. The highest BCUT2D eigenvalue weighted by Gasteiger charge is 2.36. The van der Waals surface area contributed by atoms with Crippen LogP contribution in [0.1, 0.15) is 11.1 Å². The minimum atomic E-state index is -0.472. The molecule has 1 saturated heterocycles. The SMILES string of the molecule is O=C1S/C(=C\c2cc(Cl)c(OCc3cccc([N+](=O)[O-])c3)c(Br)c2)C(=O)N1c1ccccc1. The van der Waals surface area contributed by atoms with Crippen LogP contribution in [-0.4, -0.2) is 16.1 Å². The van der Waals surface area contributed by atoms with Gasteiger partial charge in [0.25, 0.3) is 16.8 Å². The molecule has 0 aromatic heterocycles. The summed E-state index contributed by atoms with van der Waals surface area (Å²) in [6, 6.07) is 18.2. The van der Waals surface area contributed by atoms with Crippen LogP contribution in [0.2, 0.25) is 5.02 Å². The number of nitro benzene ring substituents is 1. The Morgan fingerprint density at radius 2 is 1.85 bits per heavy atom. The van der Waals surface area contributed by atoms with Crippen LogP contribution in [0.15, 0.2) is 76.1 Å². The quantitative estimate of drug-likeness (QED) is 0.192. The number of thioether (sulfide) groups is 1. The highest BCUT2D eigenvalue weighted by atomic mass is 79.9. The lowest BCUT2D eigenvalue weighted by Gasteiger charge is -2.12. The van der Waals surface area contributed by atoms with Gasteiger partial charge in [-0.1, -0.05) is 41.9 Å². The van der Waals surface area contributed by atoms with Crippen LogP contribution >= 0.6 is 39.3 Å². The second-order valence-corrected chi connectivity index (χ2v) is 9.14. The van der Waals surface area contributed by atoms with Crippen molar-refractivity contribution in [1.82, 2.24) is 0 Å². The van der Waals surface area contributed by atoms with E-state index in [9.17, 15) is 19.7 Å². The fraction of sp³-hybridized carbons (Fsp3) is 0.0435. The van der Waals surface area contributed by atoms with Gasteiger partial charge in [0.15, 0.2) is 5.75 Å². The van der Waals surface area contributed by atoms with E-state index < -0.39 is 10.8 Å². The molecule has 166 valence electrons. The number of benzene rings is 3. The molecule has 1 aliphatic heterocycles. The molecule has 7 nitrogen and oxygen atoms in total. The normalized spacial score (nSPS) is 14.7. The smallest absolute Gasteiger partial charge is 0.298 e. The lowest BCUT2D eigenvalue weighted by Crippen LogP contribution is -2.27. The van der Waals surface area contributed by atoms with E-state index >= 15 is 0 Å². The van der Waals surface area contributed by atoms with Gasteiger partial charge in [-0.05, 0) is 69.2 Å². The maximum Gasteiger partial charge on any atom is 0.298 e. The number of non-ortho nitro benzene ring substituents is 1. The molecule has 10 heteroatoms. The first kappa shape index (κ1) is 23.0. The number of para-hydroxylation sites is 1. The molecule has 1 heterocycles. The average Bonchev–Trinajstić information content (AvgIpc) is 3.06. The van der Waals surface area contributed by atoms with Crippen LogP contribution in [0.4, 0.5) is 16.2 Å². The van der Waals surface area contributed by atoms with Crippen molar-refractivity contribution >= 4 is 67.9 Å². The third kappa shape index (κ3) is 5.11. The first-order valence-electron chi connectivity index (χ1n) is 9.51. The summed E-state index contributed by atoms with van der Waals surface area (Å²) in [5.41, 5.74) is 1.70.